The second-order valence-electron chi connectivity index (χ2n) is 5.97. The van der Waals surface area contributed by atoms with E-state index in [0.29, 0.717) is 0 Å². The summed E-state index contributed by atoms with van der Waals surface area (Å²) in [5.74, 6) is 0. The van der Waals surface area contributed by atoms with Crippen LogP contribution in [-0.4, -0.2) is 18.6 Å². The maximum absolute atomic E-state index is 6.42. The second-order valence-corrected chi connectivity index (χ2v) is 6.38. The molecule has 2 nitrogen and oxygen atoms in total. The number of nitrogens with zero attached hydrogens (tertiary/aromatic N) is 1. The molecule has 0 heterocycles. The Hall–Kier alpha value is -0.730. The van der Waals surface area contributed by atoms with Gasteiger partial charge < -0.3 is 10.2 Å². The summed E-state index contributed by atoms with van der Waals surface area (Å²) in [5, 5.41) is 4.33. The summed E-state index contributed by atoms with van der Waals surface area (Å²) in [4.78, 5) is 2.32. The van der Waals surface area contributed by atoms with Crippen LogP contribution in [0.2, 0.25) is 5.02 Å². The lowest BCUT2D eigenvalue weighted by Crippen LogP contribution is -2.35. The Balaban J connectivity index is 2.79. The van der Waals surface area contributed by atoms with E-state index in [1.165, 1.54) is 5.56 Å². The number of nitrogens with one attached hydrogen (secondary N) is 1. The molecule has 0 atom stereocenters. The highest BCUT2D eigenvalue weighted by atomic mass is 35.5. The van der Waals surface area contributed by atoms with Crippen LogP contribution in [0.1, 0.15) is 46.6 Å². The predicted octanol–water partition coefficient (Wildman–Crippen LogP) is 4.46. The zero-order valence-electron chi connectivity index (χ0n) is 12.9. The lowest BCUT2D eigenvalue weighted by molar-refractivity contribution is 0.424. The molecule has 0 saturated carbocycles. The van der Waals surface area contributed by atoms with Gasteiger partial charge in [0.15, 0.2) is 0 Å². The van der Waals surface area contributed by atoms with Gasteiger partial charge in [0.2, 0.25) is 0 Å². The zero-order valence-corrected chi connectivity index (χ0v) is 13.6. The van der Waals surface area contributed by atoms with E-state index in [2.05, 4.69) is 63.0 Å². The molecule has 0 bridgehead atoms. The molecule has 0 aliphatic heterocycles. The molecule has 1 N–H and O–H groups in total. The first-order valence-electron chi connectivity index (χ1n) is 7.15. The summed E-state index contributed by atoms with van der Waals surface area (Å²) in [6.07, 6.45) is 1.14. The van der Waals surface area contributed by atoms with Crippen LogP contribution in [0.15, 0.2) is 18.2 Å². The van der Waals surface area contributed by atoms with Crippen molar-refractivity contribution in [1.82, 2.24) is 5.32 Å². The Morgan fingerprint density at radius 1 is 1.21 bits per heavy atom. The normalized spacial score (nSPS) is 11.7. The third-order valence-electron chi connectivity index (χ3n) is 3.05. The molecule has 108 valence electrons. The van der Waals surface area contributed by atoms with Crippen LogP contribution in [0, 0.1) is 0 Å². The number of halogens is 1. The fourth-order valence-corrected chi connectivity index (χ4v) is 2.33. The van der Waals surface area contributed by atoms with Crippen molar-refractivity contribution in [2.45, 2.75) is 53.1 Å². The Morgan fingerprint density at radius 3 is 2.37 bits per heavy atom. The van der Waals surface area contributed by atoms with Crippen molar-refractivity contribution in [3.63, 3.8) is 0 Å². The topological polar surface area (TPSA) is 15.3 Å². The lowest BCUT2D eigenvalue weighted by atomic mass is 10.1. The second kappa shape index (κ2) is 7.16. The van der Waals surface area contributed by atoms with Crippen molar-refractivity contribution in [3.05, 3.63) is 28.8 Å². The number of benzene rings is 1. The van der Waals surface area contributed by atoms with Crippen LogP contribution in [0.4, 0.5) is 5.69 Å². The van der Waals surface area contributed by atoms with Crippen molar-refractivity contribution < 1.29 is 0 Å². The van der Waals surface area contributed by atoms with Gasteiger partial charge in [0, 0.05) is 25.2 Å². The molecule has 1 aromatic carbocycles. The Labute approximate surface area is 123 Å². The lowest BCUT2D eigenvalue weighted by Gasteiger charge is -2.25. The van der Waals surface area contributed by atoms with Gasteiger partial charge in [-0.2, -0.15) is 0 Å². The third-order valence-corrected chi connectivity index (χ3v) is 3.35. The predicted molar refractivity (Wildman–Crippen MR) is 86.2 cm³/mol. The van der Waals surface area contributed by atoms with Gasteiger partial charge in [0.1, 0.15) is 0 Å². The van der Waals surface area contributed by atoms with E-state index < -0.39 is 0 Å². The minimum Gasteiger partial charge on any atom is -0.371 e. The molecule has 0 spiro atoms. The first kappa shape index (κ1) is 16.3. The fraction of sp³-hybridized carbons (Fsp3) is 0.625. The molecule has 1 aromatic rings. The highest BCUT2D eigenvalue weighted by Gasteiger charge is 2.11. The van der Waals surface area contributed by atoms with Crippen LogP contribution in [0.3, 0.4) is 0 Å². The quantitative estimate of drug-likeness (QED) is 0.828. The summed E-state index contributed by atoms with van der Waals surface area (Å²) in [5.41, 5.74) is 2.50. The zero-order chi connectivity index (χ0) is 14.5. The fourth-order valence-electron chi connectivity index (χ4n) is 2.00. The summed E-state index contributed by atoms with van der Waals surface area (Å²) >= 11 is 6.42. The molecular weight excluding hydrogens is 256 g/mol. The van der Waals surface area contributed by atoms with Gasteiger partial charge in [0.25, 0.3) is 0 Å². The Bertz CT molecular complexity index is 396. The van der Waals surface area contributed by atoms with E-state index in [0.717, 1.165) is 36.8 Å². The number of hydrogen-bond donors (Lipinski definition) is 1. The summed E-state index contributed by atoms with van der Waals surface area (Å²) in [6.45, 7) is 13.8. The molecule has 0 aliphatic rings. The maximum Gasteiger partial charge on any atom is 0.0642 e. The van der Waals surface area contributed by atoms with E-state index in [-0.39, 0.29) is 5.54 Å². The molecule has 0 fully saturated rings. The highest BCUT2D eigenvalue weighted by molar-refractivity contribution is 6.33. The van der Waals surface area contributed by atoms with Crippen LogP contribution >= 0.6 is 11.6 Å². The molecule has 0 radical (unpaired) electrons. The molecule has 1 rings (SSSR count). The van der Waals surface area contributed by atoms with Gasteiger partial charge in [-0.1, -0.05) is 24.6 Å². The van der Waals surface area contributed by atoms with Crippen molar-refractivity contribution in [2.24, 2.45) is 0 Å². The van der Waals surface area contributed by atoms with Gasteiger partial charge in [-0.25, -0.2) is 0 Å². The molecular formula is C16H27ClN2. The number of anilines is 1. The van der Waals surface area contributed by atoms with E-state index in [1.54, 1.807) is 0 Å². The van der Waals surface area contributed by atoms with Crippen LogP contribution in [-0.2, 0) is 6.54 Å². The average molecular weight is 283 g/mol. The van der Waals surface area contributed by atoms with Crippen LogP contribution in [0.5, 0.6) is 0 Å². The van der Waals surface area contributed by atoms with Crippen molar-refractivity contribution in [2.75, 3.05) is 18.0 Å². The van der Waals surface area contributed by atoms with E-state index in [1.807, 2.05) is 0 Å². The van der Waals surface area contributed by atoms with Crippen molar-refractivity contribution in [1.29, 1.82) is 0 Å². The molecule has 0 aromatic heterocycles. The minimum absolute atomic E-state index is 0.128. The largest absolute Gasteiger partial charge is 0.371 e. The van der Waals surface area contributed by atoms with Gasteiger partial charge in [0.05, 0.1) is 10.7 Å². The molecule has 0 unspecified atom stereocenters. The SMILES string of the molecule is CCCN(CC)c1ccc(CNC(C)(C)C)cc1Cl. The van der Waals surface area contributed by atoms with E-state index in [4.69, 9.17) is 11.6 Å². The number of rotatable bonds is 6. The van der Waals surface area contributed by atoms with Crippen LogP contribution in [0.25, 0.3) is 0 Å². The smallest absolute Gasteiger partial charge is 0.0642 e. The maximum atomic E-state index is 6.42. The monoisotopic (exact) mass is 282 g/mol. The molecule has 3 heteroatoms. The van der Waals surface area contributed by atoms with Crippen molar-refractivity contribution in [3.8, 4) is 0 Å². The summed E-state index contributed by atoms with van der Waals surface area (Å²) in [6, 6.07) is 6.38. The Kier molecular flexibility index (Phi) is 6.15. The molecule has 19 heavy (non-hydrogen) atoms. The van der Waals surface area contributed by atoms with Gasteiger partial charge >= 0.3 is 0 Å². The van der Waals surface area contributed by atoms with E-state index in [9.17, 15) is 0 Å². The van der Waals surface area contributed by atoms with E-state index >= 15 is 0 Å². The summed E-state index contributed by atoms with van der Waals surface area (Å²) in [7, 11) is 0. The minimum atomic E-state index is 0.128. The first-order chi connectivity index (χ1) is 8.87. The van der Waals surface area contributed by atoms with Gasteiger partial charge in [-0.15, -0.1) is 0 Å². The summed E-state index contributed by atoms with van der Waals surface area (Å²) < 4.78 is 0. The highest BCUT2D eigenvalue weighted by Crippen LogP contribution is 2.27. The van der Waals surface area contributed by atoms with Crippen molar-refractivity contribution >= 4 is 17.3 Å². The third kappa shape index (κ3) is 5.42. The molecule has 0 saturated heterocycles. The standard InChI is InChI=1S/C16H27ClN2/c1-6-10-19(7-2)15-9-8-13(11-14(15)17)12-18-16(3,4)5/h8-9,11,18H,6-7,10,12H2,1-5H3. The molecule has 0 aliphatic carbocycles. The molecule has 0 amide bonds. The van der Waals surface area contributed by atoms with Gasteiger partial charge in [-0.05, 0) is 51.8 Å². The Morgan fingerprint density at radius 2 is 1.89 bits per heavy atom. The van der Waals surface area contributed by atoms with Crippen LogP contribution < -0.4 is 10.2 Å². The number of hydrogen-bond acceptors (Lipinski definition) is 2. The average Bonchev–Trinajstić information content (AvgIpc) is 2.33. The first-order valence-corrected chi connectivity index (χ1v) is 7.53. The van der Waals surface area contributed by atoms with Gasteiger partial charge in [-0.3, -0.25) is 0 Å².